The molecule has 0 amide bonds. The first kappa shape index (κ1) is 11.3. The van der Waals surface area contributed by atoms with Crippen LogP contribution in [0, 0.1) is 5.92 Å². The average Bonchev–Trinajstić information content (AvgIpc) is 2.18. The Hall–Kier alpha value is -1.16. The molecule has 0 spiro atoms. The van der Waals surface area contributed by atoms with E-state index in [1.807, 2.05) is 31.2 Å². The molecule has 86 valence electrons. The second-order valence-electron chi connectivity index (χ2n) is 3.70. The number of thioether (sulfide) groups is 1. The molecule has 1 N–H and O–H groups in total. The van der Waals surface area contributed by atoms with Crippen LogP contribution < -0.4 is 4.74 Å². The Morgan fingerprint density at radius 3 is 2.62 bits per heavy atom. The molecule has 0 saturated carbocycles. The maximum atomic E-state index is 10.9. The number of aliphatic carboxylic acids is 1. The molecule has 2 unspecified atom stereocenters. The first-order valence-corrected chi connectivity index (χ1v) is 6.34. The van der Waals surface area contributed by atoms with Gasteiger partial charge in [0.1, 0.15) is 5.75 Å². The van der Waals surface area contributed by atoms with Crippen LogP contribution in [0.25, 0.3) is 0 Å². The van der Waals surface area contributed by atoms with E-state index in [0.29, 0.717) is 12.4 Å². The molecule has 0 aliphatic carbocycles. The predicted molar refractivity (Wildman–Crippen MR) is 63.9 cm³/mol. The molecule has 0 aromatic heterocycles. The van der Waals surface area contributed by atoms with E-state index in [9.17, 15) is 4.79 Å². The van der Waals surface area contributed by atoms with Gasteiger partial charge < -0.3 is 9.84 Å². The smallest absolute Gasteiger partial charge is 0.308 e. The first-order valence-electron chi connectivity index (χ1n) is 5.29. The molecule has 16 heavy (non-hydrogen) atoms. The first-order chi connectivity index (χ1) is 7.72. The number of hydrogen-bond donors (Lipinski definition) is 1. The summed E-state index contributed by atoms with van der Waals surface area (Å²) in [6.07, 6.45) is 0. The van der Waals surface area contributed by atoms with Crippen molar-refractivity contribution in [3.05, 3.63) is 29.8 Å². The van der Waals surface area contributed by atoms with Gasteiger partial charge in [0.15, 0.2) is 0 Å². The molecule has 1 aromatic rings. The Morgan fingerprint density at radius 2 is 2.19 bits per heavy atom. The molecule has 1 aliphatic rings. The lowest BCUT2D eigenvalue weighted by molar-refractivity contribution is -0.141. The summed E-state index contributed by atoms with van der Waals surface area (Å²) in [5.41, 5.74) is 1.08. The van der Waals surface area contributed by atoms with Crippen molar-refractivity contribution in [1.29, 1.82) is 0 Å². The number of hydrogen-bond acceptors (Lipinski definition) is 3. The fourth-order valence-electron chi connectivity index (χ4n) is 1.74. The number of carboxylic acid groups (broad SMARTS) is 1. The lowest BCUT2D eigenvalue weighted by atomic mass is 9.99. The molecule has 2 atom stereocenters. The van der Waals surface area contributed by atoms with Crippen LogP contribution in [0.3, 0.4) is 0 Å². The van der Waals surface area contributed by atoms with Crippen LogP contribution >= 0.6 is 11.8 Å². The van der Waals surface area contributed by atoms with E-state index in [4.69, 9.17) is 9.84 Å². The van der Waals surface area contributed by atoms with Crippen molar-refractivity contribution in [1.82, 2.24) is 0 Å². The fraction of sp³-hybridized carbons (Fsp3) is 0.417. The van der Waals surface area contributed by atoms with Crippen molar-refractivity contribution >= 4 is 17.7 Å². The van der Waals surface area contributed by atoms with E-state index < -0.39 is 5.97 Å². The molecule has 1 heterocycles. The van der Waals surface area contributed by atoms with Crippen LogP contribution in [-0.2, 0) is 4.79 Å². The van der Waals surface area contributed by atoms with E-state index in [1.165, 1.54) is 0 Å². The van der Waals surface area contributed by atoms with E-state index >= 15 is 0 Å². The molecule has 3 nitrogen and oxygen atoms in total. The van der Waals surface area contributed by atoms with Crippen molar-refractivity contribution in [2.24, 2.45) is 5.92 Å². The summed E-state index contributed by atoms with van der Waals surface area (Å²) in [7, 11) is 0. The molecular weight excluding hydrogens is 224 g/mol. The van der Waals surface area contributed by atoms with Crippen molar-refractivity contribution in [2.75, 3.05) is 12.4 Å². The molecule has 1 aliphatic heterocycles. The van der Waals surface area contributed by atoms with E-state index in [1.54, 1.807) is 11.8 Å². The number of ether oxygens (including phenoxy) is 1. The van der Waals surface area contributed by atoms with Gasteiger partial charge in [-0.1, -0.05) is 12.1 Å². The third-order valence-corrected chi connectivity index (χ3v) is 4.17. The molecule has 1 saturated heterocycles. The summed E-state index contributed by atoms with van der Waals surface area (Å²) in [6.45, 7) is 2.59. The topological polar surface area (TPSA) is 46.5 Å². The lowest BCUT2D eigenvalue weighted by Gasteiger charge is -2.33. The van der Waals surface area contributed by atoms with Gasteiger partial charge in [0.05, 0.1) is 12.5 Å². The molecule has 0 bridgehead atoms. The summed E-state index contributed by atoms with van der Waals surface area (Å²) in [5, 5.41) is 9.07. The highest BCUT2D eigenvalue weighted by atomic mass is 32.2. The second-order valence-corrected chi connectivity index (χ2v) is 4.88. The normalized spacial score (nSPS) is 23.6. The Balaban J connectivity index is 2.07. The summed E-state index contributed by atoms with van der Waals surface area (Å²) in [5.74, 6) is 0.621. The number of carboxylic acids is 1. The van der Waals surface area contributed by atoms with E-state index in [2.05, 4.69) is 0 Å². The minimum atomic E-state index is -0.697. The molecule has 0 radical (unpaired) electrons. The van der Waals surface area contributed by atoms with Crippen LogP contribution in [0.15, 0.2) is 24.3 Å². The zero-order valence-corrected chi connectivity index (χ0v) is 9.87. The zero-order valence-electron chi connectivity index (χ0n) is 9.05. The highest BCUT2D eigenvalue weighted by Gasteiger charge is 2.38. The SMILES string of the molecule is CCOc1ccc(C2SCC2C(=O)O)cc1. The summed E-state index contributed by atoms with van der Waals surface area (Å²) in [4.78, 5) is 10.9. The second kappa shape index (κ2) is 4.78. The van der Waals surface area contributed by atoms with Gasteiger partial charge >= 0.3 is 5.97 Å². The molecular formula is C12H14O3S. The van der Waals surface area contributed by atoms with Gasteiger partial charge in [-0.2, -0.15) is 11.8 Å². The predicted octanol–water partition coefficient (Wildman–Crippen LogP) is 2.57. The highest BCUT2D eigenvalue weighted by molar-refractivity contribution is 8.01. The summed E-state index contributed by atoms with van der Waals surface area (Å²) in [6, 6.07) is 7.71. The average molecular weight is 238 g/mol. The van der Waals surface area contributed by atoms with E-state index in [0.717, 1.165) is 11.3 Å². The summed E-state index contributed by atoms with van der Waals surface area (Å²) >= 11 is 1.69. The molecule has 1 fully saturated rings. The van der Waals surface area contributed by atoms with Crippen LogP contribution in [0.4, 0.5) is 0 Å². The van der Waals surface area contributed by atoms with Crippen LogP contribution in [0.1, 0.15) is 17.7 Å². The zero-order chi connectivity index (χ0) is 11.5. The van der Waals surface area contributed by atoms with E-state index in [-0.39, 0.29) is 11.2 Å². The summed E-state index contributed by atoms with van der Waals surface area (Å²) < 4.78 is 5.34. The Morgan fingerprint density at radius 1 is 1.50 bits per heavy atom. The molecule has 2 rings (SSSR count). The van der Waals surface area contributed by atoms with Crippen molar-refractivity contribution < 1.29 is 14.6 Å². The maximum Gasteiger partial charge on any atom is 0.308 e. The monoisotopic (exact) mass is 238 g/mol. The fourth-order valence-corrected chi connectivity index (χ4v) is 2.92. The van der Waals surface area contributed by atoms with Crippen LogP contribution in [-0.4, -0.2) is 23.4 Å². The minimum Gasteiger partial charge on any atom is -0.494 e. The van der Waals surface area contributed by atoms with Crippen LogP contribution in [0.2, 0.25) is 0 Å². The van der Waals surface area contributed by atoms with Crippen molar-refractivity contribution in [3.63, 3.8) is 0 Å². The molecule has 4 heteroatoms. The van der Waals surface area contributed by atoms with Crippen molar-refractivity contribution in [3.8, 4) is 5.75 Å². The third kappa shape index (κ3) is 2.16. The van der Waals surface area contributed by atoms with Gasteiger partial charge in [-0.05, 0) is 24.6 Å². The van der Waals surface area contributed by atoms with Gasteiger partial charge in [0.2, 0.25) is 0 Å². The highest BCUT2D eigenvalue weighted by Crippen LogP contribution is 2.47. The van der Waals surface area contributed by atoms with Crippen molar-refractivity contribution in [2.45, 2.75) is 12.2 Å². The maximum absolute atomic E-state index is 10.9. The Kier molecular flexibility index (Phi) is 3.39. The van der Waals surface area contributed by atoms with Crippen LogP contribution in [0.5, 0.6) is 5.75 Å². The Bertz CT molecular complexity index is 374. The lowest BCUT2D eigenvalue weighted by Crippen LogP contribution is -2.30. The Labute approximate surface area is 98.8 Å². The number of benzene rings is 1. The van der Waals surface area contributed by atoms with Gasteiger partial charge in [0.25, 0.3) is 0 Å². The van der Waals surface area contributed by atoms with Gasteiger partial charge in [0, 0.05) is 11.0 Å². The molecule has 1 aromatic carbocycles. The number of carbonyl (C=O) groups is 1. The quantitative estimate of drug-likeness (QED) is 0.875. The standard InChI is InChI=1S/C12H14O3S/c1-2-15-9-5-3-8(4-6-9)11-10(7-16-11)12(13)14/h3-6,10-11H,2,7H2,1H3,(H,13,14). The van der Waals surface area contributed by atoms with Gasteiger partial charge in [-0.15, -0.1) is 0 Å². The van der Waals surface area contributed by atoms with Gasteiger partial charge in [-0.3, -0.25) is 4.79 Å². The largest absolute Gasteiger partial charge is 0.494 e. The third-order valence-electron chi connectivity index (χ3n) is 2.66. The number of rotatable bonds is 4. The minimum absolute atomic E-state index is 0.105. The van der Waals surface area contributed by atoms with Gasteiger partial charge in [-0.25, -0.2) is 0 Å².